The Bertz CT molecular complexity index is 538. The predicted molar refractivity (Wildman–Crippen MR) is 85.5 cm³/mol. The fourth-order valence-corrected chi connectivity index (χ4v) is 2.40. The summed E-state index contributed by atoms with van der Waals surface area (Å²) in [5.41, 5.74) is 0.940. The van der Waals surface area contributed by atoms with E-state index in [2.05, 4.69) is 31.2 Å². The Labute approximate surface area is 135 Å². The van der Waals surface area contributed by atoms with Gasteiger partial charge in [-0.05, 0) is 52.0 Å². The second-order valence-electron chi connectivity index (χ2n) is 4.00. The molecule has 0 saturated carbocycles. The van der Waals surface area contributed by atoms with Crippen LogP contribution in [0.4, 0.5) is 5.69 Å². The molecule has 0 spiro atoms. The Morgan fingerprint density at radius 2 is 1.90 bits per heavy atom. The van der Waals surface area contributed by atoms with Crippen molar-refractivity contribution in [2.24, 2.45) is 0 Å². The number of benzene rings is 1. The Kier molecular flexibility index (Phi) is 6.09. The number of hydrogen-bond donors (Lipinski definition) is 2. The van der Waals surface area contributed by atoms with Gasteiger partial charge in [-0.2, -0.15) is 0 Å². The number of anilines is 1. The molecule has 4 nitrogen and oxygen atoms in total. The largest absolute Gasteiger partial charge is 0.390 e. The molecular weight excluding hydrogens is 362 g/mol. The highest BCUT2D eigenvalue weighted by molar-refractivity contribution is 9.10. The lowest BCUT2D eigenvalue weighted by atomic mass is 10.3. The van der Waals surface area contributed by atoms with Crippen LogP contribution in [0.2, 0.25) is 0 Å². The zero-order valence-corrected chi connectivity index (χ0v) is 13.6. The van der Waals surface area contributed by atoms with Crippen LogP contribution in [0.25, 0.3) is 0 Å². The monoisotopic (exact) mass is 373 g/mol. The summed E-state index contributed by atoms with van der Waals surface area (Å²) in [5.74, 6) is 0.224. The summed E-state index contributed by atoms with van der Waals surface area (Å²) in [6, 6.07) is 7.85. The number of alkyl halides is 1. The van der Waals surface area contributed by atoms with E-state index in [0.29, 0.717) is 11.7 Å². The zero-order valence-electron chi connectivity index (χ0n) is 10.5. The molecule has 2 rings (SSSR count). The van der Waals surface area contributed by atoms with Crippen LogP contribution in [0.5, 0.6) is 0 Å². The lowest BCUT2D eigenvalue weighted by Gasteiger charge is -2.10. The van der Waals surface area contributed by atoms with Crippen molar-refractivity contribution in [3.63, 3.8) is 0 Å². The second kappa shape index (κ2) is 7.83. The zero-order chi connectivity index (χ0) is 14.4. The third-order valence-corrected chi connectivity index (χ3v) is 4.05. The molecule has 2 N–H and O–H groups in total. The van der Waals surface area contributed by atoms with E-state index in [1.807, 2.05) is 24.3 Å². The Morgan fingerprint density at radius 3 is 2.50 bits per heavy atom. The van der Waals surface area contributed by atoms with E-state index in [1.54, 1.807) is 12.4 Å². The molecule has 0 radical (unpaired) electrons. The van der Waals surface area contributed by atoms with E-state index >= 15 is 0 Å². The van der Waals surface area contributed by atoms with E-state index in [1.165, 1.54) is 11.8 Å². The van der Waals surface area contributed by atoms with E-state index in [-0.39, 0.29) is 5.88 Å². The summed E-state index contributed by atoms with van der Waals surface area (Å²) >= 11 is 10.3. The molecule has 0 fully saturated rings. The summed E-state index contributed by atoms with van der Waals surface area (Å²) in [6.45, 7) is 0.436. The van der Waals surface area contributed by atoms with E-state index in [0.717, 1.165) is 15.1 Å². The molecular formula is C13H13BrClN3OS. The number of rotatable bonds is 6. The highest BCUT2D eigenvalue weighted by Crippen LogP contribution is 2.25. The van der Waals surface area contributed by atoms with Crippen molar-refractivity contribution in [1.82, 2.24) is 9.97 Å². The van der Waals surface area contributed by atoms with Crippen molar-refractivity contribution < 1.29 is 5.11 Å². The van der Waals surface area contributed by atoms with Crippen LogP contribution in [0.3, 0.4) is 0 Å². The van der Waals surface area contributed by atoms with Gasteiger partial charge in [0.25, 0.3) is 0 Å². The highest BCUT2D eigenvalue weighted by atomic mass is 79.9. The number of aliphatic hydroxyl groups excluding tert-OH is 1. The van der Waals surface area contributed by atoms with E-state index in [9.17, 15) is 5.11 Å². The molecule has 2 aromatic rings. The van der Waals surface area contributed by atoms with Gasteiger partial charge < -0.3 is 10.4 Å². The molecule has 1 heterocycles. The Balaban J connectivity index is 1.92. The van der Waals surface area contributed by atoms with Gasteiger partial charge in [0.15, 0.2) is 5.16 Å². The molecule has 0 aliphatic heterocycles. The summed E-state index contributed by atoms with van der Waals surface area (Å²) in [6.07, 6.45) is 2.90. The minimum atomic E-state index is -0.540. The fourth-order valence-electron chi connectivity index (χ4n) is 1.39. The third-order valence-electron chi connectivity index (χ3n) is 2.38. The SMILES string of the molecule is OC(CCl)CNc1ccc(Sc2ncc(Br)cn2)cc1. The van der Waals surface area contributed by atoms with Crippen LogP contribution in [0.15, 0.2) is 51.2 Å². The smallest absolute Gasteiger partial charge is 0.192 e. The summed E-state index contributed by atoms with van der Waals surface area (Å²) in [7, 11) is 0. The molecule has 0 amide bonds. The van der Waals surface area contributed by atoms with Gasteiger partial charge in [0.05, 0.1) is 16.5 Å². The van der Waals surface area contributed by atoms with E-state index in [4.69, 9.17) is 11.6 Å². The minimum Gasteiger partial charge on any atom is -0.390 e. The molecule has 7 heteroatoms. The van der Waals surface area contributed by atoms with Gasteiger partial charge in [0.1, 0.15) is 0 Å². The molecule has 0 saturated heterocycles. The molecule has 1 unspecified atom stereocenters. The fraction of sp³-hybridized carbons (Fsp3) is 0.231. The van der Waals surface area contributed by atoms with Gasteiger partial charge in [-0.15, -0.1) is 11.6 Å². The molecule has 1 aromatic heterocycles. The molecule has 106 valence electrons. The maximum atomic E-state index is 9.37. The Hall–Kier alpha value is -0.820. The number of halogens is 2. The number of hydrogen-bond acceptors (Lipinski definition) is 5. The first-order chi connectivity index (χ1) is 9.67. The maximum absolute atomic E-state index is 9.37. The normalized spacial score (nSPS) is 12.2. The molecule has 0 aliphatic rings. The quantitative estimate of drug-likeness (QED) is 0.599. The lowest BCUT2D eigenvalue weighted by Crippen LogP contribution is -2.20. The van der Waals surface area contributed by atoms with Crippen molar-refractivity contribution in [2.75, 3.05) is 17.7 Å². The van der Waals surface area contributed by atoms with Crippen LogP contribution < -0.4 is 5.32 Å². The van der Waals surface area contributed by atoms with Crippen LogP contribution >= 0.6 is 39.3 Å². The number of aromatic nitrogens is 2. The van der Waals surface area contributed by atoms with Gasteiger partial charge in [-0.3, -0.25) is 0 Å². The van der Waals surface area contributed by atoms with Gasteiger partial charge >= 0.3 is 0 Å². The first-order valence-electron chi connectivity index (χ1n) is 5.91. The average Bonchev–Trinajstić information content (AvgIpc) is 2.48. The first kappa shape index (κ1) is 15.6. The van der Waals surface area contributed by atoms with Gasteiger partial charge in [-0.25, -0.2) is 9.97 Å². The van der Waals surface area contributed by atoms with Crippen LogP contribution in [-0.4, -0.2) is 33.6 Å². The Morgan fingerprint density at radius 1 is 1.25 bits per heavy atom. The topological polar surface area (TPSA) is 58.0 Å². The molecule has 20 heavy (non-hydrogen) atoms. The summed E-state index contributed by atoms with van der Waals surface area (Å²) in [4.78, 5) is 9.47. The molecule has 1 atom stereocenters. The second-order valence-corrected chi connectivity index (χ2v) is 6.26. The third kappa shape index (κ3) is 4.94. The van der Waals surface area contributed by atoms with Crippen molar-refractivity contribution in [2.45, 2.75) is 16.2 Å². The standard InChI is InChI=1S/C13H13BrClN3OS/c14-9-6-17-13(18-7-9)20-12-3-1-10(2-4-12)16-8-11(19)5-15/h1-4,6-7,11,16,19H,5,8H2. The first-order valence-corrected chi connectivity index (χ1v) is 8.05. The minimum absolute atomic E-state index is 0.224. The maximum Gasteiger partial charge on any atom is 0.192 e. The van der Waals surface area contributed by atoms with Crippen LogP contribution in [0, 0.1) is 0 Å². The molecule has 0 bridgehead atoms. The average molecular weight is 375 g/mol. The lowest BCUT2D eigenvalue weighted by molar-refractivity contribution is 0.211. The predicted octanol–water partition coefficient (Wildman–Crippen LogP) is 3.40. The van der Waals surface area contributed by atoms with Gasteiger partial charge in [-0.1, -0.05) is 0 Å². The highest BCUT2D eigenvalue weighted by Gasteiger charge is 2.03. The number of nitrogens with zero attached hydrogens (tertiary/aromatic N) is 2. The summed E-state index contributed by atoms with van der Waals surface area (Å²) in [5, 5.41) is 13.2. The number of aliphatic hydroxyl groups is 1. The van der Waals surface area contributed by atoms with Gasteiger partial charge in [0.2, 0.25) is 0 Å². The number of nitrogens with one attached hydrogen (secondary N) is 1. The van der Waals surface area contributed by atoms with E-state index < -0.39 is 6.10 Å². The van der Waals surface area contributed by atoms with Crippen LogP contribution in [0.1, 0.15) is 0 Å². The van der Waals surface area contributed by atoms with Crippen molar-refractivity contribution in [3.05, 3.63) is 41.1 Å². The summed E-state index contributed by atoms with van der Waals surface area (Å²) < 4.78 is 0.860. The van der Waals surface area contributed by atoms with Crippen molar-refractivity contribution in [3.8, 4) is 0 Å². The molecule has 0 aliphatic carbocycles. The van der Waals surface area contributed by atoms with Gasteiger partial charge in [0, 0.05) is 29.5 Å². The van der Waals surface area contributed by atoms with Crippen LogP contribution in [-0.2, 0) is 0 Å². The molecule has 1 aromatic carbocycles. The van der Waals surface area contributed by atoms with Crippen molar-refractivity contribution >= 4 is 45.0 Å². The van der Waals surface area contributed by atoms with Crippen molar-refractivity contribution in [1.29, 1.82) is 0 Å².